The summed E-state index contributed by atoms with van der Waals surface area (Å²) in [6.45, 7) is 7.27. The summed E-state index contributed by atoms with van der Waals surface area (Å²) in [7, 11) is -3.59. The SMILES string of the molecule is CCN(CC)S(=O)(=O)c1cc(C(=O)N2CCCC2CN)ccc1C.Cl. The summed E-state index contributed by atoms with van der Waals surface area (Å²) >= 11 is 0. The molecule has 0 aliphatic carbocycles. The lowest BCUT2D eigenvalue weighted by atomic mass is 10.1. The monoisotopic (exact) mass is 389 g/mol. The van der Waals surface area contributed by atoms with Gasteiger partial charge in [0.25, 0.3) is 5.91 Å². The summed E-state index contributed by atoms with van der Waals surface area (Å²) in [6.07, 6.45) is 1.84. The zero-order valence-corrected chi connectivity index (χ0v) is 16.7. The van der Waals surface area contributed by atoms with Gasteiger partial charge in [-0.15, -0.1) is 12.4 Å². The van der Waals surface area contributed by atoms with Crippen LogP contribution in [-0.2, 0) is 10.0 Å². The van der Waals surface area contributed by atoms with Crippen molar-refractivity contribution in [2.45, 2.75) is 44.6 Å². The van der Waals surface area contributed by atoms with Crippen LogP contribution in [-0.4, -0.2) is 55.8 Å². The van der Waals surface area contributed by atoms with Gasteiger partial charge in [-0.1, -0.05) is 19.9 Å². The summed E-state index contributed by atoms with van der Waals surface area (Å²) < 4.78 is 27.0. The molecule has 1 heterocycles. The lowest BCUT2D eigenvalue weighted by Crippen LogP contribution is -2.40. The van der Waals surface area contributed by atoms with Gasteiger partial charge in [0, 0.05) is 37.8 Å². The molecule has 1 unspecified atom stereocenters. The van der Waals surface area contributed by atoms with Gasteiger partial charge in [0.15, 0.2) is 0 Å². The molecule has 142 valence electrons. The van der Waals surface area contributed by atoms with E-state index in [-0.39, 0.29) is 29.3 Å². The van der Waals surface area contributed by atoms with Crippen LogP contribution in [0.2, 0.25) is 0 Å². The van der Waals surface area contributed by atoms with Crippen LogP contribution in [0.3, 0.4) is 0 Å². The van der Waals surface area contributed by atoms with E-state index >= 15 is 0 Å². The van der Waals surface area contributed by atoms with E-state index < -0.39 is 10.0 Å². The van der Waals surface area contributed by atoms with E-state index in [0.717, 1.165) is 12.8 Å². The van der Waals surface area contributed by atoms with Crippen LogP contribution in [0.1, 0.15) is 42.6 Å². The maximum atomic E-state index is 12.8. The highest BCUT2D eigenvalue weighted by molar-refractivity contribution is 7.89. The lowest BCUT2D eigenvalue weighted by molar-refractivity contribution is 0.0741. The Bertz CT molecular complexity index is 705. The van der Waals surface area contributed by atoms with E-state index in [4.69, 9.17) is 5.73 Å². The smallest absolute Gasteiger partial charge is 0.254 e. The number of nitrogens with two attached hydrogens (primary N) is 1. The van der Waals surface area contributed by atoms with Gasteiger partial charge in [-0.05, 0) is 37.5 Å². The summed E-state index contributed by atoms with van der Waals surface area (Å²) in [5.41, 5.74) is 6.80. The fourth-order valence-corrected chi connectivity index (χ4v) is 4.94. The highest BCUT2D eigenvalue weighted by atomic mass is 35.5. The Morgan fingerprint density at radius 3 is 2.52 bits per heavy atom. The Balaban J connectivity index is 0.00000312. The second-order valence-corrected chi connectivity index (χ2v) is 8.01. The first kappa shape index (κ1) is 21.9. The number of hydrogen-bond acceptors (Lipinski definition) is 4. The number of carbonyl (C=O) groups is 1. The molecule has 25 heavy (non-hydrogen) atoms. The number of hydrogen-bond donors (Lipinski definition) is 1. The van der Waals surface area contributed by atoms with Gasteiger partial charge < -0.3 is 10.6 Å². The normalized spacial score (nSPS) is 17.6. The van der Waals surface area contributed by atoms with Gasteiger partial charge in [0.1, 0.15) is 0 Å². The Morgan fingerprint density at radius 2 is 1.96 bits per heavy atom. The number of nitrogens with zero attached hydrogens (tertiary/aromatic N) is 2. The molecule has 1 aliphatic heterocycles. The summed E-state index contributed by atoms with van der Waals surface area (Å²) in [5, 5.41) is 0. The minimum absolute atomic E-state index is 0. The van der Waals surface area contributed by atoms with E-state index in [9.17, 15) is 13.2 Å². The number of sulfonamides is 1. The molecular formula is C17H28ClN3O3S. The van der Waals surface area contributed by atoms with Crippen LogP contribution in [0.4, 0.5) is 0 Å². The molecule has 1 aliphatic rings. The number of amides is 1. The number of carbonyl (C=O) groups excluding carboxylic acids is 1. The predicted molar refractivity (Wildman–Crippen MR) is 102 cm³/mol. The first-order valence-electron chi connectivity index (χ1n) is 8.48. The molecular weight excluding hydrogens is 362 g/mol. The second-order valence-electron chi connectivity index (χ2n) is 6.10. The van der Waals surface area contributed by atoms with Crippen molar-refractivity contribution in [2.24, 2.45) is 5.73 Å². The molecule has 1 saturated heterocycles. The zero-order valence-electron chi connectivity index (χ0n) is 15.1. The number of aryl methyl sites for hydroxylation is 1. The molecule has 2 N–H and O–H groups in total. The van der Waals surface area contributed by atoms with Gasteiger partial charge in [0.05, 0.1) is 4.90 Å². The van der Waals surface area contributed by atoms with Crippen molar-refractivity contribution >= 4 is 28.3 Å². The average molecular weight is 390 g/mol. The first-order chi connectivity index (χ1) is 11.4. The topological polar surface area (TPSA) is 83.7 Å². The van der Waals surface area contributed by atoms with Gasteiger partial charge in [-0.25, -0.2) is 8.42 Å². The summed E-state index contributed by atoms with van der Waals surface area (Å²) in [4.78, 5) is 14.7. The van der Waals surface area contributed by atoms with Crippen molar-refractivity contribution < 1.29 is 13.2 Å². The van der Waals surface area contributed by atoms with Gasteiger partial charge in [-0.2, -0.15) is 4.31 Å². The molecule has 1 amide bonds. The van der Waals surface area contributed by atoms with Crippen molar-refractivity contribution in [3.8, 4) is 0 Å². The van der Waals surface area contributed by atoms with E-state index in [0.29, 0.717) is 37.3 Å². The van der Waals surface area contributed by atoms with Crippen molar-refractivity contribution in [2.75, 3.05) is 26.2 Å². The lowest BCUT2D eigenvalue weighted by Gasteiger charge is -2.24. The fraction of sp³-hybridized carbons (Fsp3) is 0.588. The average Bonchev–Trinajstić information content (AvgIpc) is 3.04. The van der Waals surface area contributed by atoms with E-state index in [1.165, 1.54) is 10.4 Å². The van der Waals surface area contributed by atoms with E-state index in [1.807, 2.05) is 13.8 Å². The predicted octanol–water partition coefficient (Wildman–Crippen LogP) is 2.01. The van der Waals surface area contributed by atoms with E-state index in [1.54, 1.807) is 24.0 Å². The highest BCUT2D eigenvalue weighted by Crippen LogP contribution is 2.24. The third-order valence-electron chi connectivity index (χ3n) is 4.67. The standard InChI is InChI=1S/C17H27N3O3S.ClH/c1-4-19(5-2)24(22,23)16-11-14(9-8-13(16)3)17(21)20-10-6-7-15(20)12-18;/h8-9,11,15H,4-7,10,12,18H2,1-3H3;1H. The quantitative estimate of drug-likeness (QED) is 0.806. The zero-order chi connectivity index (χ0) is 17.9. The van der Waals surface area contributed by atoms with Crippen LogP contribution in [0.15, 0.2) is 23.1 Å². The van der Waals surface area contributed by atoms with Crippen LogP contribution < -0.4 is 5.73 Å². The second kappa shape index (κ2) is 8.98. The van der Waals surface area contributed by atoms with Gasteiger partial charge in [0.2, 0.25) is 10.0 Å². The summed E-state index contributed by atoms with van der Waals surface area (Å²) in [5.74, 6) is -0.140. The fourth-order valence-electron chi connectivity index (χ4n) is 3.23. The molecule has 1 aromatic rings. The number of benzene rings is 1. The maximum absolute atomic E-state index is 12.8. The molecule has 6 nitrogen and oxygen atoms in total. The number of rotatable bonds is 6. The Morgan fingerprint density at radius 1 is 1.32 bits per heavy atom. The molecule has 0 bridgehead atoms. The minimum atomic E-state index is -3.59. The van der Waals surface area contributed by atoms with Crippen LogP contribution in [0.5, 0.6) is 0 Å². The largest absolute Gasteiger partial charge is 0.334 e. The van der Waals surface area contributed by atoms with Crippen LogP contribution in [0.25, 0.3) is 0 Å². The molecule has 0 aromatic heterocycles. The Hall–Kier alpha value is -1.15. The van der Waals surface area contributed by atoms with Crippen molar-refractivity contribution in [1.29, 1.82) is 0 Å². The third-order valence-corrected chi connectivity index (χ3v) is 6.86. The molecule has 1 aromatic carbocycles. The highest BCUT2D eigenvalue weighted by Gasteiger charge is 2.30. The molecule has 0 spiro atoms. The van der Waals surface area contributed by atoms with Crippen molar-refractivity contribution in [3.05, 3.63) is 29.3 Å². The summed E-state index contributed by atoms with van der Waals surface area (Å²) in [6, 6.07) is 4.96. The number of halogens is 1. The van der Waals surface area contributed by atoms with Gasteiger partial charge in [-0.3, -0.25) is 4.79 Å². The van der Waals surface area contributed by atoms with Crippen LogP contribution >= 0.6 is 12.4 Å². The molecule has 0 saturated carbocycles. The molecule has 2 rings (SSSR count). The maximum Gasteiger partial charge on any atom is 0.254 e. The van der Waals surface area contributed by atoms with E-state index in [2.05, 4.69) is 0 Å². The molecule has 1 atom stereocenters. The first-order valence-corrected chi connectivity index (χ1v) is 9.92. The molecule has 8 heteroatoms. The van der Waals surface area contributed by atoms with Gasteiger partial charge >= 0.3 is 0 Å². The molecule has 0 radical (unpaired) electrons. The van der Waals surface area contributed by atoms with Crippen LogP contribution in [0, 0.1) is 6.92 Å². The molecule has 1 fully saturated rings. The minimum Gasteiger partial charge on any atom is -0.334 e. The number of likely N-dealkylation sites (tertiary alicyclic amines) is 1. The Kier molecular flexibility index (Phi) is 7.87. The van der Waals surface area contributed by atoms with Crippen molar-refractivity contribution in [3.63, 3.8) is 0 Å². The third kappa shape index (κ3) is 4.34. The van der Waals surface area contributed by atoms with Crippen molar-refractivity contribution in [1.82, 2.24) is 9.21 Å². The Labute approximate surface area is 156 Å².